The van der Waals surface area contributed by atoms with E-state index in [0.29, 0.717) is 30.3 Å². The zero-order chi connectivity index (χ0) is 15.7. The molecule has 0 aromatic heterocycles. The molecule has 1 aromatic carbocycles. The first-order chi connectivity index (χ1) is 10.6. The van der Waals surface area contributed by atoms with E-state index in [-0.39, 0.29) is 5.92 Å². The molecule has 2 saturated carbocycles. The van der Waals surface area contributed by atoms with Crippen LogP contribution >= 0.6 is 15.9 Å². The fourth-order valence-corrected chi connectivity index (χ4v) is 4.67. The number of hydrogen-bond acceptors (Lipinski definition) is 2. The number of halogens is 1. The number of fused-ring (bicyclic) bond motifs is 2. The van der Waals surface area contributed by atoms with Crippen molar-refractivity contribution in [2.45, 2.75) is 44.7 Å². The highest BCUT2D eigenvalue weighted by molar-refractivity contribution is 9.10. The Morgan fingerprint density at radius 2 is 1.91 bits per heavy atom. The summed E-state index contributed by atoms with van der Waals surface area (Å²) >= 11 is 3.56. The van der Waals surface area contributed by atoms with E-state index in [2.05, 4.69) is 22.0 Å². The minimum atomic E-state index is 0.169. The second-order valence-corrected chi connectivity index (χ2v) is 7.84. The summed E-state index contributed by atoms with van der Waals surface area (Å²) in [5, 5.41) is 0. The van der Waals surface area contributed by atoms with Crippen molar-refractivity contribution in [3.8, 4) is 0 Å². The molecule has 1 aromatic rings. The highest BCUT2D eigenvalue weighted by Crippen LogP contribution is 2.42. The molecule has 3 nitrogen and oxygen atoms in total. The molecule has 0 heterocycles. The van der Waals surface area contributed by atoms with Gasteiger partial charge in [-0.25, -0.2) is 0 Å². The quantitative estimate of drug-likeness (QED) is 0.890. The summed E-state index contributed by atoms with van der Waals surface area (Å²) in [6, 6.07) is 8.44. The van der Waals surface area contributed by atoms with E-state index < -0.39 is 0 Å². The summed E-state index contributed by atoms with van der Waals surface area (Å²) in [4.78, 5) is 14.7. The van der Waals surface area contributed by atoms with Gasteiger partial charge in [-0.2, -0.15) is 0 Å². The fraction of sp³-hybridized carbons (Fsp3) is 0.611. The van der Waals surface area contributed by atoms with Gasteiger partial charge >= 0.3 is 0 Å². The lowest BCUT2D eigenvalue weighted by molar-refractivity contribution is -0.137. The zero-order valence-electron chi connectivity index (χ0n) is 13.2. The molecular formula is C18H25BrN2O. The van der Waals surface area contributed by atoms with E-state index in [9.17, 15) is 4.79 Å². The Bertz CT molecular complexity index is 534. The Morgan fingerprint density at radius 1 is 1.27 bits per heavy atom. The van der Waals surface area contributed by atoms with Gasteiger partial charge in [0.1, 0.15) is 0 Å². The molecule has 3 rings (SSSR count). The van der Waals surface area contributed by atoms with Crippen LogP contribution in [0.15, 0.2) is 28.7 Å². The molecule has 2 unspecified atom stereocenters. The van der Waals surface area contributed by atoms with E-state index >= 15 is 0 Å². The average molecular weight is 365 g/mol. The van der Waals surface area contributed by atoms with E-state index in [1.54, 1.807) is 0 Å². The minimum Gasteiger partial charge on any atom is -0.341 e. The van der Waals surface area contributed by atoms with E-state index in [0.717, 1.165) is 22.9 Å². The third-order valence-corrected chi connectivity index (χ3v) is 6.28. The van der Waals surface area contributed by atoms with Crippen LogP contribution in [0.25, 0.3) is 0 Å². The van der Waals surface area contributed by atoms with Gasteiger partial charge in [0.2, 0.25) is 5.91 Å². The topological polar surface area (TPSA) is 46.3 Å². The van der Waals surface area contributed by atoms with Crippen LogP contribution in [0.1, 0.15) is 37.7 Å². The monoisotopic (exact) mass is 364 g/mol. The molecule has 2 aliphatic rings. The molecular weight excluding hydrogens is 340 g/mol. The van der Waals surface area contributed by atoms with Crippen molar-refractivity contribution < 1.29 is 4.79 Å². The molecule has 1 amide bonds. The largest absolute Gasteiger partial charge is 0.341 e. The molecule has 120 valence electrons. The van der Waals surface area contributed by atoms with Crippen LogP contribution in [-0.2, 0) is 11.3 Å². The molecule has 0 spiro atoms. The van der Waals surface area contributed by atoms with Crippen molar-refractivity contribution in [2.24, 2.45) is 23.5 Å². The standard InChI is InChI=1S/C18H25BrN2O/c1-21(11-14-5-2-3-8-16(14)19)18(22)15-9-12-6-4-7-13(10-15)17(12)20/h2-3,5,8,12-13,15,17H,4,6-7,9-11,20H2,1H3. The Morgan fingerprint density at radius 3 is 2.55 bits per heavy atom. The van der Waals surface area contributed by atoms with Gasteiger partial charge in [0.15, 0.2) is 0 Å². The lowest BCUT2D eigenvalue weighted by atomic mass is 9.65. The van der Waals surface area contributed by atoms with Crippen LogP contribution in [0.4, 0.5) is 0 Å². The lowest BCUT2D eigenvalue weighted by Crippen LogP contribution is -2.49. The van der Waals surface area contributed by atoms with Crippen molar-refractivity contribution >= 4 is 21.8 Å². The molecule has 22 heavy (non-hydrogen) atoms. The molecule has 4 heteroatoms. The molecule has 2 N–H and O–H groups in total. The third-order valence-electron chi connectivity index (χ3n) is 5.50. The Balaban J connectivity index is 1.65. The van der Waals surface area contributed by atoms with Crippen LogP contribution in [0.3, 0.4) is 0 Å². The van der Waals surface area contributed by atoms with E-state index in [4.69, 9.17) is 5.73 Å². The predicted octanol–water partition coefficient (Wildman–Crippen LogP) is 3.56. The first-order valence-electron chi connectivity index (χ1n) is 8.30. The minimum absolute atomic E-state index is 0.169. The van der Waals surface area contributed by atoms with Gasteiger partial charge in [0.05, 0.1) is 0 Å². The Hall–Kier alpha value is -0.870. The average Bonchev–Trinajstić information content (AvgIpc) is 2.48. The van der Waals surface area contributed by atoms with Crippen LogP contribution in [0.2, 0.25) is 0 Å². The SMILES string of the molecule is CN(Cc1ccccc1Br)C(=O)C1CC2CCCC(C1)C2N. The smallest absolute Gasteiger partial charge is 0.225 e. The van der Waals surface area contributed by atoms with Crippen LogP contribution < -0.4 is 5.73 Å². The number of carbonyl (C=O) groups excluding carboxylic acids is 1. The number of carbonyl (C=O) groups is 1. The van der Waals surface area contributed by atoms with Crippen LogP contribution in [-0.4, -0.2) is 23.9 Å². The molecule has 0 saturated heterocycles. The van der Waals surface area contributed by atoms with Gasteiger partial charge in [-0.15, -0.1) is 0 Å². The zero-order valence-corrected chi connectivity index (χ0v) is 14.8. The van der Waals surface area contributed by atoms with Crippen LogP contribution in [0.5, 0.6) is 0 Å². The summed E-state index contributed by atoms with van der Waals surface area (Å²) in [5.74, 6) is 1.57. The molecule has 0 aliphatic heterocycles. The predicted molar refractivity (Wildman–Crippen MR) is 92.1 cm³/mol. The van der Waals surface area contributed by atoms with Gasteiger partial charge in [-0.1, -0.05) is 40.5 Å². The second kappa shape index (κ2) is 6.71. The third kappa shape index (κ3) is 3.23. The van der Waals surface area contributed by atoms with Gasteiger partial charge in [0.25, 0.3) is 0 Å². The van der Waals surface area contributed by atoms with E-state index in [1.165, 1.54) is 19.3 Å². The van der Waals surface area contributed by atoms with Crippen molar-refractivity contribution in [1.82, 2.24) is 4.90 Å². The van der Waals surface area contributed by atoms with Crippen molar-refractivity contribution in [2.75, 3.05) is 7.05 Å². The molecule has 2 fully saturated rings. The maximum atomic E-state index is 12.8. The normalized spacial score (nSPS) is 30.9. The highest BCUT2D eigenvalue weighted by Gasteiger charge is 2.41. The van der Waals surface area contributed by atoms with E-state index in [1.807, 2.05) is 30.1 Å². The van der Waals surface area contributed by atoms with Crippen molar-refractivity contribution in [3.63, 3.8) is 0 Å². The Labute approximate surface area is 141 Å². The summed E-state index contributed by atoms with van der Waals surface area (Å²) in [5.41, 5.74) is 7.49. The maximum absolute atomic E-state index is 12.8. The summed E-state index contributed by atoms with van der Waals surface area (Å²) < 4.78 is 1.07. The van der Waals surface area contributed by atoms with Crippen LogP contribution in [0, 0.1) is 17.8 Å². The van der Waals surface area contributed by atoms with Gasteiger partial charge in [-0.05, 0) is 49.1 Å². The Kier molecular flexibility index (Phi) is 4.88. The van der Waals surface area contributed by atoms with Gasteiger partial charge in [-0.3, -0.25) is 4.79 Å². The molecule has 2 aliphatic carbocycles. The number of hydrogen-bond donors (Lipinski definition) is 1. The molecule has 0 radical (unpaired) electrons. The summed E-state index contributed by atoms with van der Waals surface area (Å²) in [6.07, 6.45) is 5.66. The first kappa shape index (κ1) is 16.0. The molecule has 2 bridgehead atoms. The van der Waals surface area contributed by atoms with Gasteiger partial charge in [0, 0.05) is 30.0 Å². The summed E-state index contributed by atoms with van der Waals surface area (Å²) in [6.45, 7) is 0.665. The number of nitrogens with zero attached hydrogens (tertiary/aromatic N) is 1. The number of benzene rings is 1. The summed E-state index contributed by atoms with van der Waals surface area (Å²) in [7, 11) is 1.92. The first-order valence-corrected chi connectivity index (χ1v) is 9.09. The number of rotatable bonds is 3. The number of nitrogens with two attached hydrogens (primary N) is 1. The van der Waals surface area contributed by atoms with Gasteiger partial charge < -0.3 is 10.6 Å². The highest BCUT2D eigenvalue weighted by atomic mass is 79.9. The molecule has 2 atom stereocenters. The fourth-order valence-electron chi connectivity index (χ4n) is 4.26. The lowest BCUT2D eigenvalue weighted by Gasteiger charge is -2.44. The van der Waals surface area contributed by atoms with Crippen molar-refractivity contribution in [1.29, 1.82) is 0 Å². The maximum Gasteiger partial charge on any atom is 0.225 e. The van der Waals surface area contributed by atoms with Crippen molar-refractivity contribution in [3.05, 3.63) is 34.3 Å². The second-order valence-electron chi connectivity index (χ2n) is 6.98. The number of amides is 1.